The lowest BCUT2D eigenvalue weighted by atomic mass is 10.1. The van der Waals surface area contributed by atoms with Crippen molar-refractivity contribution in [3.05, 3.63) is 82.5 Å². The van der Waals surface area contributed by atoms with Crippen LogP contribution in [0.15, 0.2) is 59.8 Å². The van der Waals surface area contributed by atoms with Crippen molar-refractivity contribution in [2.24, 2.45) is 0 Å². The zero-order valence-electron chi connectivity index (χ0n) is 19.4. The molecule has 0 spiro atoms. The minimum absolute atomic E-state index is 0.0449. The fraction of sp³-hybridized carbons (Fsp3) is 0.346. The van der Waals surface area contributed by atoms with Crippen molar-refractivity contribution in [1.82, 2.24) is 15.3 Å². The fourth-order valence-electron chi connectivity index (χ4n) is 3.74. The van der Waals surface area contributed by atoms with Gasteiger partial charge in [0.25, 0.3) is 5.91 Å². The summed E-state index contributed by atoms with van der Waals surface area (Å²) in [5.74, 6) is 1.68. The molecule has 1 aromatic heterocycles. The molecule has 1 unspecified atom stereocenters. The Morgan fingerprint density at radius 1 is 1.06 bits per heavy atom. The summed E-state index contributed by atoms with van der Waals surface area (Å²) in [6.07, 6.45) is 0. The highest BCUT2D eigenvalue weighted by Gasteiger charge is 2.18. The predicted molar refractivity (Wildman–Crippen MR) is 133 cm³/mol. The van der Waals surface area contributed by atoms with Crippen molar-refractivity contribution >= 4 is 23.5 Å². The van der Waals surface area contributed by atoms with Gasteiger partial charge < -0.3 is 15.0 Å². The summed E-state index contributed by atoms with van der Waals surface area (Å²) in [5.41, 5.74) is 5.00. The van der Waals surface area contributed by atoms with Gasteiger partial charge in [0.2, 0.25) is 0 Å². The minimum Gasteiger partial charge on any atom is -0.378 e. The highest BCUT2D eigenvalue weighted by atomic mass is 32.2. The van der Waals surface area contributed by atoms with E-state index in [1.165, 1.54) is 0 Å². The molecule has 0 radical (unpaired) electrons. The van der Waals surface area contributed by atoms with Crippen molar-refractivity contribution in [1.29, 1.82) is 0 Å². The molecule has 7 heteroatoms. The van der Waals surface area contributed by atoms with E-state index in [2.05, 4.69) is 22.1 Å². The van der Waals surface area contributed by atoms with E-state index in [1.807, 2.05) is 68.4 Å². The number of anilines is 1. The normalized spacial score (nSPS) is 14.7. The summed E-state index contributed by atoms with van der Waals surface area (Å²) in [6, 6.07) is 17.7. The first-order valence-electron chi connectivity index (χ1n) is 11.3. The van der Waals surface area contributed by atoms with Gasteiger partial charge in [0, 0.05) is 35.7 Å². The van der Waals surface area contributed by atoms with E-state index in [4.69, 9.17) is 9.72 Å². The number of thioether (sulfide) groups is 1. The van der Waals surface area contributed by atoms with Crippen LogP contribution in [0.3, 0.4) is 0 Å². The Hall–Kier alpha value is -2.90. The SMILES string of the molecule is Cc1nc(SCc2ccc(C(=O)NC(C)c3ccccc3)cc2)nc(N2CCOCC2)c1C. The molecule has 4 rings (SSSR count). The lowest BCUT2D eigenvalue weighted by Gasteiger charge is -2.29. The number of carbonyl (C=O) groups excluding carboxylic acids is 1. The minimum atomic E-state index is -0.0711. The van der Waals surface area contributed by atoms with Gasteiger partial charge >= 0.3 is 0 Å². The van der Waals surface area contributed by atoms with Gasteiger partial charge in [0.15, 0.2) is 5.16 Å². The number of rotatable bonds is 7. The Labute approximate surface area is 199 Å². The molecule has 1 saturated heterocycles. The third-order valence-electron chi connectivity index (χ3n) is 5.88. The second-order valence-electron chi connectivity index (χ2n) is 8.23. The van der Waals surface area contributed by atoms with Crippen molar-refractivity contribution in [2.75, 3.05) is 31.2 Å². The van der Waals surface area contributed by atoms with Gasteiger partial charge in [-0.15, -0.1) is 0 Å². The molecule has 6 nitrogen and oxygen atoms in total. The topological polar surface area (TPSA) is 67.4 Å². The number of aryl methyl sites for hydroxylation is 1. The largest absolute Gasteiger partial charge is 0.378 e. The second kappa shape index (κ2) is 10.8. The number of aromatic nitrogens is 2. The van der Waals surface area contributed by atoms with Crippen LogP contribution in [-0.2, 0) is 10.5 Å². The van der Waals surface area contributed by atoms with Crippen molar-refractivity contribution in [3.63, 3.8) is 0 Å². The van der Waals surface area contributed by atoms with Crippen LogP contribution in [0.2, 0.25) is 0 Å². The first-order chi connectivity index (χ1) is 16.0. The van der Waals surface area contributed by atoms with Crippen LogP contribution in [0.1, 0.15) is 45.7 Å². The first-order valence-corrected chi connectivity index (χ1v) is 12.3. The van der Waals surface area contributed by atoms with Gasteiger partial charge in [0.05, 0.1) is 19.3 Å². The summed E-state index contributed by atoms with van der Waals surface area (Å²) in [6.45, 7) is 9.28. The number of ether oxygens (including phenoxy) is 1. The van der Waals surface area contributed by atoms with E-state index in [0.29, 0.717) is 5.56 Å². The van der Waals surface area contributed by atoms with Gasteiger partial charge in [-0.05, 0) is 44.0 Å². The van der Waals surface area contributed by atoms with Gasteiger partial charge in [-0.25, -0.2) is 9.97 Å². The number of amides is 1. The van der Waals surface area contributed by atoms with Crippen LogP contribution in [0.25, 0.3) is 0 Å². The van der Waals surface area contributed by atoms with Crippen LogP contribution in [0.5, 0.6) is 0 Å². The quantitative estimate of drug-likeness (QED) is 0.405. The van der Waals surface area contributed by atoms with Crippen molar-refractivity contribution in [3.8, 4) is 0 Å². The lowest BCUT2D eigenvalue weighted by molar-refractivity contribution is 0.0940. The molecule has 0 aliphatic carbocycles. The highest BCUT2D eigenvalue weighted by molar-refractivity contribution is 7.98. The number of hydrogen-bond acceptors (Lipinski definition) is 6. The number of carbonyl (C=O) groups is 1. The van der Waals surface area contributed by atoms with Gasteiger partial charge in [0.1, 0.15) is 5.82 Å². The Kier molecular flexibility index (Phi) is 7.62. The number of nitrogens with one attached hydrogen (secondary N) is 1. The van der Waals surface area contributed by atoms with Crippen molar-refractivity contribution in [2.45, 2.75) is 37.7 Å². The lowest BCUT2D eigenvalue weighted by Crippen LogP contribution is -2.37. The van der Waals surface area contributed by atoms with Crippen LogP contribution >= 0.6 is 11.8 Å². The molecule has 1 aliphatic rings. The molecule has 1 amide bonds. The van der Waals surface area contributed by atoms with Gasteiger partial charge in [-0.1, -0.05) is 54.2 Å². The molecule has 2 heterocycles. The average molecular weight is 463 g/mol. The molecule has 1 aliphatic heterocycles. The molecular weight excluding hydrogens is 432 g/mol. The van der Waals surface area contributed by atoms with Crippen LogP contribution in [-0.4, -0.2) is 42.2 Å². The second-order valence-corrected chi connectivity index (χ2v) is 9.17. The highest BCUT2D eigenvalue weighted by Crippen LogP contribution is 2.26. The molecule has 1 atom stereocenters. The van der Waals surface area contributed by atoms with E-state index < -0.39 is 0 Å². The molecule has 33 heavy (non-hydrogen) atoms. The zero-order valence-corrected chi connectivity index (χ0v) is 20.2. The summed E-state index contributed by atoms with van der Waals surface area (Å²) in [7, 11) is 0. The average Bonchev–Trinajstić information content (AvgIpc) is 2.86. The van der Waals surface area contributed by atoms with Gasteiger partial charge in [-0.2, -0.15) is 0 Å². The summed E-state index contributed by atoms with van der Waals surface area (Å²) in [4.78, 5) is 24.4. The number of hydrogen-bond donors (Lipinski definition) is 1. The molecule has 172 valence electrons. The maximum Gasteiger partial charge on any atom is 0.251 e. The first kappa shape index (κ1) is 23.3. The fourth-order valence-corrected chi connectivity index (χ4v) is 4.58. The van der Waals surface area contributed by atoms with E-state index in [0.717, 1.165) is 65.4 Å². The van der Waals surface area contributed by atoms with Crippen LogP contribution in [0, 0.1) is 13.8 Å². The Bertz CT molecular complexity index is 1080. The monoisotopic (exact) mass is 462 g/mol. The standard InChI is InChI=1S/C26H30N4O2S/c1-18-19(2)28-26(29-24(18)30-13-15-32-16-14-30)33-17-21-9-11-23(12-10-21)25(31)27-20(3)22-7-5-4-6-8-22/h4-12,20H,13-17H2,1-3H3,(H,27,31). The summed E-state index contributed by atoms with van der Waals surface area (Å²) in [5, 5.41) is 3.84. The Morgan fingerprint density at radius 3 is 2.45 bits per heavy atom. The van der Waals surface area contributed by atoms with E-state index >= 15 is 0 Å². The van der Waals surface area contributed by atoms with Gasteiger partial charge in [-0.3, -0.25) is 4.79 Å². The molecule has 1 fully saturated rings. The van der Waals surface area contributed by atoms with E-state index in [1.54, 1.807) is 11.8 Å². The predicted octanol–water partition coefficient (Wildman–Crippen LogP) is 4.71. The number of morpholine rings is 1. The molecular formula is C26H30N4O2S. The maximum absolute atomic E-state index is 12.6. The zero-order chi connectivity index (χ0) is 23.2. The molecule has 0 bridgehead atoms. The smallest absolute Gasteiger partial charge is 0.251 e. The molecule has 1 N–H and O–H groups in total. The third kappa shape index (κ3) is 5.92. The summed E-state index contributed by atoms with van der Waals surface area (Å²) < 4.78 is 5.48. The van der Waals surface area contributed by atoms with E-state index in [9.17, 15) is 4.79 Å². The van der Waals surface area contributed by atoms with E-state index in [-0.39, 0.29) is 11.9 Å². The molecule has 0 saturated carbocycles. The third-order valence-corrected chi connectivity index (χ3v) is 6.80. The number of nitrogens with zero attached hydrogens (tertiary/aromatic N) is 3. The molecule has 2 aromatic carbocycles. The van der Waals surface area contributed by atoms with Crippen LogP contribution in [0.4, 0.5) is 5.82 Å². The Morgan fingerprint density at radius 2 is 1.76 bits per heavy atom. The van der Waals surface area contributed by atoms with Crippen molar-refractivity contribution < 1.29 is 9.53 Å². The maximum atomic E-state index is 12.6. The summed E-state index contributed by atoms with van der Waals surface area (Å²) >= 11 is 1.62. The van der Waals surface area contributed by atoms with Crippen LogP contribution < -0.4 is 10.2 Å². The number of benzene rings is 2. The Balaban J connectivity index is 1.37. The molecule has 3 aromatic rings.